The highest BCUT2D eigenvalue weighted by Crippen LogP contribution is 2.34. The molecule has 0 unspecified atom stereocenters. The van der Waals surface area contributed by atoms with E-state index in [-0.39, 0.29) is 17.3 Å². The van der Waals surface area contributed by atoms with Crippen molar-refractivity contribution < 1.29 is 14.7 Å². The number of piperidine rings is 1. The first-order valence-corrected chi connectivity index (χ1v) is 7.04. The van der Waals surface area contributed by atoms with E-state index in [9.17, 15) is 14.7 Å². The molecule has 1 amide bonds. The first kappa shape index (κ1) is 12.7. The van der Waals surface area contributed by atoms with Gasteiger partial charge in [-0.2, -0.15) is 0 Å². The largest absolute Gasteiger partial charge is 0.480 e. The second-order valence-electron chi connectivity index (χ2n) is 4.49. The van der Waals surface area contributed by atoms with Gasteiger partial charge in [0.05, 0.1) is 11.4 Å². The third-order valence-electron chi connectivity index (χ3n) is 3.48. The second-order valence-corrected chi connectivity index (χ2v) is 5.77. The molecular weight excluding hydrogens is 240 g/mol. The fourth-order valence-electron chi connectivity index (χ4n) is 2.56. The predicted octanol–water partition coefficient (Wildman–Crippen LogP) is 0.503. The van der Waals surface area contributed by atoms with E-state index in [1.807, 2.05) is 0 Å². The molecule has 0 radical (unpaired) electrons. The van der Waals surface area contributed by atoms with Gasteiger partial charge in [-0.1, -0.05) is 0 Å². The van der Waals surface area contributed by atoms with Gasteiger partial charge in [0.1, 0.15) is 6.04 Å². The fraction of sp³-hybridized carbons (Fsp3) is 0.818. The van der Waals surface area contributed by atoms with Crippen molar-refractivity contribution in [3.8, 4) is 0 Å². The van der Waals surface area contributed by atoms with E-state index in [1.54, 1.807) is 23.7 Å². The van der Waals surface area contributed by atoms with Crippen LogP contribution in [0, 0.1) is 0 Å². The Labute approximate surface area is 105 Å². The maximum Gasteiger partial charge on any atom is 0.326 e. The van der Waals surface area contributed by atoms with Gasteiger partial charge in [-0.05, 0) is 38.5 Å². The molecule has 0 saturated carbocycles. The molecule has 0 spiro atoms. The molecule has 0 aromatic rings. The lowest BCUT2D eigenvalue weighted by molar-refractivity contribution is -0.153. The topological polar surface area (TPSA) is 69.6 Å². The Morgan fingerprint density at radius 1 is 1.47 bits per heavy atom. The molecule has 0 aliphatic carbocycles. The summed E-state index contributed by atoms with van der Waals surface area (Å²) in [4.78, 5) is 25.2. The van der Waals surface area contributed by atoms with Crippen molar-refractivity contribution in [3.63, 3.8) is 0 Å². The SMILES string of the molecule is CN[C@H]1CCS[C@@H]2CCC[C@@H](C(=O)O)N2C1=O. The fourth-order valence-corrected chi connectivity index (χ4v) is 3.95. The Hall–Kier alpha value is -0.750. The molecule has 2 fully saturated rings. The maximum atomic E-state index is 12.3. The third kappa shape index (κ3) is 2.42. The van der Waals surface area contributed by atoms with Gasteiger partial charge in [0.25, 0.3) is 0 Å². The number of thioether (sulfide) groups is 1. The minimum Gasteiger partial charge on any atom is -0.480 e. The first-order chi connectivity index (χ1) is 8.15. The lowest BCUT2D eigenvalue weighted by Crippen LogP contribution is -2.56. The van der Waals surface area contributed by atoms with Gasteiger partial charge in [0.15, 0.2) is 0 Å². The summed E-state index contributed by atoms with van der Waals surface area (Å²) < 4.78 is 0. The quantitative estimate of drug-likeness (QED) is 0.755. The summed E-state index contributed by atoms with van der Waals surface area (Å²) in [5, 5.41) is 12.3. The van der Waals surface area contributed by atoms with Crippen molar-refractivity contribution >= 4 is 23.6 Å². The normalized spacial score (nSPS) is 34.1. The molecule has 2 aliphatic heterocycles. The second kappa shape index (κ2) is 5.27. The molecule has 2 saturated heterocycles. The molecule has 2 rings (SSSR count). The maximum absolute atomic E-state index is 12.3. The van der Waals surface area contributed by atoms with Gasteiger partial charge in [0, 0.05) is 0 Å². The van der Waals surface area contributed by atoms with Crippen LogP contribution in [0.2, 0.25) is 0 Å². The number of nitrogens with zero attached hydrogens (tertiary/aromatic N) is 1. The van der Waals surface area contributed by atoms with Gasteiger partial charge >= 0.3 is 5.97 Å². The van der Waals surface area contributed by atoms with Gasteiger partial charge in [-0.25, -0.2) is 4.79 Å². The molecule has 0 bridgehead atoms. The number of aliphatic carboxylic acids is 1. The van der Waals surface area contributed by atoms with Gasteiger partial charge in [-0.3, -0.25) is 4.79 Å². The number of carboxylic acid groups (broad SMARTS) is 1. The number of likely N-dealkylation sites (N-methyl/N-ethyl adjacent to an activating group) is 1. The molecule has 3 atom stereocenters. The Bertz CT molecular complexity index is 324. The monoisotopic (exact) mass is 258 g/mol. The molecule has 2 aliphatic rings. The van der Waals surface area contributed by atoms with Crippen molar-refractivity contribution in [3.05, 3.63) is 0 Å². The van der Waals surface area contributed by atoms with Gasteiger partial charge in [0.2, 0.25) is 5.91 Å². The summed E-state index contributed by atoms with van der Waals surface area (Å²) in [5.74, 6) is -0.0138. The summed E-state index contributed by atoms with van der Waals surface area (Å²) in [5.41, 5.74) is 0. The number of carbonyl (C=O) groups is 2. The average molecular weight is 258 g/mol. The van der Waals surface area contributed by atoms with Gasteiger partial charge < -0.3 is 15.3 Å². The summed E-state index contributed by atoms with van der Waals surface area (Å²) in [6.45, 7) is 0. The molecule has 96 valence electrons. The van der Waals surface area contributed by atoms with Crippen LogP contribution in [0.15, 0.2) is 0 Å². The van der Waals surface area contributed by atoms with E-state index in [0.717, 1.165) is 25.0 Å². The van der Waals surface area contributed by atoms with Crippen LogP contribution >= 0.6 is 11.8 Å². The number of nitrogens with one attached hydrogen (secondary N) is 1. The average Bonchev–Trinajstić information content (AvgIpc) is 2.48. The number of fused-ring (bicyclic) bond motifs is 1. The number of amides is 1. The summed E-state index contributed by atoms with van der Waals surface area (Å²) >= 11 is 1.71. The third-order valence-corrected chi connectivity index (χ3v) is 4.80. The zero-order valence-electron chi connectivity index (χ0n) is 9.89. The van der Waals surface area contributed by atoms with Crippen LogP contribution in [0.3, 0.4) is 0 Å². The minimum atomic E-state index is -0.875. The van der Waals surface area contributed by atoms with E-state index in [1.165, 1.54) is 0 Å². The van der Waals surface area contributed by atoms with Crippen molar-refractivity contribution in [2.24, 2.45) is 0 Å². The number of hydrogen-bond acceptors (Lipinski definition) is 4. The Balaban J connectivity index is 2.24. The molecule has 17 heavy (non-hydrogen) atoms. The van der Waals surface area contributed by atoms with Crippen molar-refractivity contribution in [2.45, 2.75) is 43.1 Å². The summed E-state index contributed by atoms with van der Waals surface area (Å²) in [6, 6.07) is -0.866. The van der Waals surface area contributed by atoms with Crippen LogP contribution in [0.5, 0.6) is 0 Å². The first-order valence-electron chi connectivity index (χ1n) is 5.99. The molecule has 5 nitrogen and oxygen atoms in total. The Kier molecular flexibility index (Phi) is 3.93. The van der Waals surface area contributed by atoms with Crippen molar-refractivity contribution in [1.82, 2.24) is 10.2 Å². The number of rotatable bonds is 2. The lowest BCUT2D eigenvalue weighted by Gasteiger charge is -2.39. The minimum absolute atomic E-state index is 0.0467. The molecule has 2 heterocycles. The molecular formula is C11H18N2O3S. The molecule has 0 aromatic carbocycles. The van der Waals surface area contributed by atoms with Crippen LogP contribution in [-0.2, 0) is 9.59 Å². The highest BCUT2D eigenvalue weighted by atomic mass is 32.2. The van der Waals surface area contributed by atoms with Crippen molar-refractivity contribution in [2.75, 3.05) is 12.8 Å². The van der Waals surface area contributed by atoms with E-state index in [4.69, 9.17) is 0 Å². The number of carbonyl (C=O) groups excluding carboxylic acids is 1. The van der Waals surface area contributed by atoms with Crippen LogP contribution in [-0.4, -0.2) is 52.1 Å². The summed E-state index contributed by atoms with van der Waals surface area (Å²) in [6.07, 6.45) is 3.16. The lowest BCUT2D eigenvalue weighted by atomic mass is 10.0. The highest BCUT2D eigenvalue weighted by Gasteiger charge is 2.42. The van der Waals surface area contributed by atoms with Crippen molar-refractivity contribution in [1.29, 1.82) is 0 Å². The molecule has 2 N–H and O–H groups in total. The zero-order valence-corrected chi connectivity index (χ0v) is 10.7. The van der Waals surface area contributed by atoms with Crippen LogP contribution < -0.4 is 5.32 Å². The van der Waals surface area contributed by atoms with E-state index < -0.39 is 12.0 Å². The standard InChI is InChI=1S/C11H18N2O3S/c1-12-7-5-6-17-9-4-2-3-8(11(15)16)13(9)10(7)14/h7-9,12H,2-6H2,1H3,(H,15,16)/t7-,8-,9+/m0/s1. The predicted molar refractivity (Wildman–Crippen MR) is 65.8 cm³/mol. The van der Waals surface area contributed by atoms with E-state index >= 15 is 0 Å². The van der Waals surface area contributed by atoms with Gasteiger partial charge in [-0.15, -0.1) is 11.8 Å². The van der Waals surface area contributed by atoms with E-state index in [0.29, 0.717) is 6.42 Å². The van der Waals surface area contributed by atoms with Crippen LogP contribution in [0.4, 0.5) is 0 Å². The molecule has 6 heteroatoms. The highest BCUT2D eigenvalue weighted by molar-refractivity contribution is 7.99. The molecule has 0 aromatic heterocycles. The Morgan fingerprint density at radius 2 is 2.24 bits per heavy atom. The number of carboxylic acids is 1. The number of hydrogen-bond donors (Lipinski definition) is 2. The summed E-state index contributed by atoms with van der Waals surface area (Å²) in [7, 11) is 1.76. The van der Waals surface area contributed by atoms with Crippen LogP contribution in [0.25, 0.3) is 0 Å². The smallest absolute Gasteiger partial charge is 0.326 e. The zero-order chi connectivity index (χ0) is 12.4. The Morgan fingerprint density at radius 3 is 2.88 bits per heavy atom. The van der Waals surface area contributed by atoms with E-state index in [2.05, 4.69) is 5.32 Å². The van der Waals surface area contributed by atoms with Crippen LogP contribution in [0.1, 0.15) is 25.7 Å².